The average molecular weight is 259 g/mol. The molecule has 1 heterocycles. The molecular weight excluding hydrogens is 246 g/mol. The van der Waals surface area contributed by atoms with Gasteiger partial charge in [-0.2, -0.15) is 0 Å². The van der Waals surface area contributed by atoms with E-state index in [0.717, 1.165) is 12.8 Å². The summed E-state index contributed by atoms with van der Waals surface area (Å²) >= 11 is 0.209. The molecule has 0 bridgehead atoms. The Morgan fingerprint density at radius 1 is 1.29 bits per heavy atom. The Hall–Kier alpha value is -0.371. The minimum atomic E-state index is -1.04. The Bertz CT molecular complexity index is 278. The molecule has 2 rings (SSSR count). The molecule has 0 saturated carbocycles. The first-order valence-electron chi connectivity index (χ1n) is 4.83. The van der Waals surface area contributed by atoms with Gasteiger partial charge in [-0.1, -0.05) is 0 Å². The predicted octanol–water partition coefficient (Wildman–Crippen LogP) is 1.91. The molecule has 0 aliphatic carbocycles. The van der Waals surface area contributed by atoms with Gasteiger partial charge in [-0.25, -0.2) is 0 Å². The molecule has 1 unspecified atom stereocenters. The Balaban J connectivity index is 1.96. The number of hydrogen-bond acceptors (Lipinski definition) is 1. The van der Waals surface area contributed by atoms with Gasteiger partial charge in [0.05, 0.1) is 0 Å². The van der Waals surface area contributed by atoms with Gasteiger partial charge in [0.2, 0.25) is 0 Å². The zero-order chi connectivity index (χ0) is 9.80. The molecule has 3 heteroatoms. The van der Waals surface area contributed by atoms with E-state index in [1.165, 1.54) is 4.46 Å². The van der Waals surface area contributed by atoms with Gasteiger partial charge < -0.3 is 0 Å². The van der Waals surface area contributed by atoms with E-state index in [9.17, 15) is 4.39 Å². The summed E-state index contributed by atoms with van der Waals surface area (Å²) in [7, 11) is 0. The van der Waals surface area contributed by atoms with Crippen molar-refractivity contribution in [1.29, 1.82) is 0 Å². The van der Waals surface area contributed by atoms with Crippen LogP contribution >= 0.6 is 0 Å². The van der Waals surface area contributed by atoms with Crippen molar-refractivity contribution in [2.45, 2.75) is 24.0 Å². The van der Waals surface area contributed by atoms with Crippen molar-refractivity contribution in [3.05, 3.63) is 30.3 Å². The first-order valence-corrected chi connectivity index (χ1v) is 6.68. The van der Waals surface area contributed by atoms with Crippen LogP contribution in [0.4, 0.5) is 4.39 Å². The fraction of sp³-hybridized carbons (Fsp3) is 0.455. The molecule has 0 aromatic heterocycles. The zero-order valence-electron chi connectivity index (χ0n) is 7.86. The van der Waals surface area contributed by atoms with Crippen molar-refractivity contribution < 1.29 is 9.13 Å². The van der Waals surface area contributed by atoms with Gasteiger partial charge in [0, 0.05) is 0 Å². The van der Waals surface area contributed by atoms with Crippen LogP contribution in [-0.2, 0) is 4.74 Å². The van der Waals surface area contributed by atoms with Crippen LogP contribution in [0, 0.1) is 0 Å². The molecule has 0 amide bonds. The first kappa shape index (κ1) is 10.2. The van der Waals surface area contributed by atoms with Crippen molar-refractivity contribution in [3.63, 3.8) is 0 Å². The van der Waals surface area contributed by atoms with Gasteiger partial charge in [-0.3, -0.25) is 0 Å². The van der Waals surface area contributed by atoms with E-state index in [2.05, 4.69) is 12.1 Å². The van der Waals surface area contributed by atoms with Crippen molar-refractivity contribution in [2.24, 2.45) is 0 Å². The van der Waals surface area contributed by atoms with Gasteiger partial charge in [-0.05, 0) is 0 Å². The third-order valence-electron chi connectivity index (χ3n) is 2.23. The van der Waals surface area contributed by atoms with E-state index < -0.39 is 6.36 Å². The third-order valence-corrected chi connectivity index (χ3v) is 4.95. The van der Waals surface area contributed by atoms with Gasteiger partial charge >= 0.3 is 89.5 Å². The Kier molecular flexibility index (Phi) is 3.57. The van der Waals surface area contributed by atoms with E-state index in [1.807, 2.05) is 18.2 Å². The van der Waals surface area contributed by atoms with Crippen LogP contribution in [0.2, 0.25) is 4.82 Å². The van der Waals surface area contributed by atoms with Crippen LogP contribution in [-0.4, -0.2) is 27.9 Å². The second-order valence-corrected chi connectivity index (χ2v) is 6.09. The molecule has 1 nitrogen and oxygen atoms in total. The van der Waals surface area contributed by atoms with E-state index >= 15 is 0 Å². The molecule has 1 aliphatic rings. The van der Waals surface area contributed by atoms with Crippen molar-refractivity contribution >= 4 is 19.4 Å². The summed E-state index contributed by atoms with van der Waals surface area (Å²) in [5, 5.41) is 0. The molecule has 1 saturated heterocycles. The van der Waals surface area contributed by atoms with Crippen LogP contribution in [0.1, 0.15) is 12.8 Å². The number of alkyl halides is 1. The van der Waals surface area contributed by atoms with Gasteiger partial charge in [-0.15, -0.1) is 0 Å². The molecule has 1 aliphatic heterocycles. The van der Waals surface area contributed by atoms with E-state index in [1.54, 1.807) is 0 Å². The summed E-state index contributed by atoms with van der Waals surface area (Å²) in [6.07, 6.45) is 0.930. The van der Waals surface area contributed by atoms with Crippen molar-refractivity contribution in [1.82, 2.24) is 0 Å². The second kappa shape index (κ2) is 4.92. The van der Waals surface area contributed by atoms with Gasteiger partial charge in [0.15, 0.2) is 0 Å². The van der Waals surface area contributed by atoms with Crippen LogP contribution < -0.4 is 4.46 Å². The zero-order valence-corrected chi connectivity index (χ0v) is 9.57. The van der Waals surface area contributed by atoms with Crippen molar-refractivity contribution in [3.8, 4) is 0 Å². The maximum atomic E-state index is 13.3. The summed E-state index contributed by atoms with van der Waals surface area (Å²) in [6, 6.07) is 10.1. The average Bonchev–Trinajstić information content (AvgIpc) is 2.23. The topological polar surface area (TPSA) is 9.23 Å². The molecule has 2 atom stereocenters. The molecule has 14 heavy (non-hydrogen) atoms. The number of ether oxygens (including phenoxy) is 1. The monoisotopic (exact) mass is 260 g/mol. The predicted molar refractivity (Wildman–Crippen MR) is 55.7 cm³/mol. The summed E-state index contributed by atoms with van der Waals surface area (Å²) in [4.78, 5) is 0.110. The normalized spacial score (nSPS) is 27.5. The Morgan fingerprint density at radius 3 is 2.79 bits per heavy atom. The first-order chi connectivity index (χ1) is 6.86. The van der Waals surface area contributed by atoms with Gasteiger partial charge in [0.1, 0.15) is 0 Å². The number of halogens is 1. The molecule has 0 spiro atoms. The second-order valence-electron chi connectivity index (χ2n) is 3.33. The van der Waals surface area contributed by atoms with E-state index in [0.29, 0.717) is 6.61 Å². The van der Waals surface area contributed by atoms with E-state index in [-0.39, 0.29) is 19.8 Å². The fourth-order valence-corrected chi connectivity index (χ4v) is 3.88. The van der Waals surface area contributed by atoms with Gasteiger partial charge in [0.25, 0.3) is 0 Å². The molecule has 1 fully saturated rings. The van der Waals surface area contributed by atoms with Crippen LogP contribution in [0.15, 0.2) is 30.3 Å². The van der Waals surface area contributed by atoms with Crippen molar-refractivity contribution in [2.75, 3.05) is 6.61 Å². The molecule has 1 aromatic rings. The summed E-state index contributed by atoms with van der Waals surface area (Å²) in [6.45, 7) is 0.586. The summed E-state index contributed by atoms with van der Waals surface area (Å²) in [5.74, 6) is 0. The molecule has 76 valence electrons. The van der Waals surface area contributed by atoms with E-state index in [4.69, 9.17) is 4.74 Å². The summed E-state index contributed by atoms with van der Waals surface area (Å²) < 4.78 is 19.6. The van der Waals surface area contributed by atoms with Crippen LogP contribution in [0.5, 0.6) is 0 Å². The SMILES string of the molecule is FC1OCCC[C@@H]1[Se]c1ccccc1. The van der Waals surface area contributed by atoms with Crippen LogP contribution in [0.3, 0.4) is 0 Å². The Labute approximate surface area is 89.8 Å². The maximum absolute atomic E-state index is 13.3. The number of benzene rings is 1. The van der Waals surface area contributed by atoms with Crippen LogP contribution in [0.25, 0.3) is 0 Å². The number of hydrogen-bond donors (Lipinski definition) is 0. The standard InChI is InChI=1S/C11H13FOSe/c12-11-10(7-4-8-13-11)14-9-5-2-1-3-6-9/h1-3,5-6,10-11H,4,7-8H2/t10-,11?/m0/s1. The number of rotatable bonds is 2. The molecular formula is C11H13FOSe. The molecule has 0 N–H and O–H groups in total. The quantitative estimate of drug-likeness (QED) is 0.737. The molecule has 1 aromatic carbocycles. The minimum absolute atomic E-state index is 0.110. The molecule has 0 radical (unpaired) electrons. The fourth-order valence-electron chi connectivity index (χ4n) is 1.51. The summed E-state index contributed by atoms with van der Waals surface area (Å²) in [5.41, 5.74) is 0. The third kappa shape index (κ3) is 2.57. The Morgan fingerprint density at radius 2 is 2.07 bits per heavy atom.